The minimum atomic E-state index is -4.55. The maximum absolute atomic E-state index is 12.7. The Morgan fingerprint density at radius 2 is 1.83 bits per heavy atom. The standard InChI is InChI=1S/C20H17F3N2O4/c1-28-17(16-9-12-5-2-3-8-15(12)29-16)11-24-18(26)19(27)25-14-7-4-6-13(10-14)20(21,22)23/h2-10,17H,11H2,1H3,(H,24,26)(H,25,27)/t17-/m0/s1. The predicted molar refractivity (Wildman–Crippen MR) is 99.0 cm³/mol. The molecule has 0 spiro atoms. The Balaban J connectivity index is 1.61. The van der Waals surface area contributed by atoms with Crippen molar-refractivity contribution in [1.82, 2.24) is 5.32 Å². The fraction of sp³-hybridized carbons (Fsp3) is 0.200. The van der Waals surface area contributed by atoms with Crippen LogP contribution in [0.15, 0.2) is 59.0 Å². The fourth-order valence-corrected chi connectivity index (χ4v) is 2.69. The Hall–Kier alpha value is -3.33. The van der Waals surface area contributed by atoms with Crippen molar-refractivity contribution in [1.29, 1.82) is 0 Å². The summed E-state index contributed by atoms with van der Waals surface area (Å²) in [4.78, 5) is 24.0. The van der Waals surface area contributed by atoms with Gasteiger partial charge in [-0.25, -0.2) is 0 Å². The van der Waals surface area contributed by atoms with Gasteiger partial charge < -0.3 is 19.8 Å². The quantitative estimate of drug-likeness (QED) is 0.630. The second-order valence-corrected chi connectivity index (χ2v) is 6.15. The highest BCUT2D eigenvalue weighted by atomic mass is 19.4. The van der Waals surface area contributed by atoms with Crippen molar-refractivity contribution < 1.29 is 31.9 Å². The first-order valence-corrected chi connectivity index (χ1v) is 8.55. The van der Waals surface area contributed by atoms with E-state index in [1.165, 1.54) is 13.2 Å². The van der Waals surface area contributed by atoms with Crippen molar-refractivity contribution in [3.05, 3.63) is 65.9 Å². The molecule has 2 aromatic carbocycles. The van der Waals surface area contributed by atoms with Gasteiger partial charge in [0.05, 0.1) is 12.1 Å². The van der Waals surface area contributed by atoms with Gasteiger partial charge in [0.1, 0.15) is 17.4 Å². The first-order valence-electron chi connectivity index (χ1n) is 8.55. The minimum absolute atomic E-state index is 0.0643. The summed E-state index contributed by atoms with van der Waals surface area (Å²) in [5.41, 5.74) is -0.418. The molecule has 0 fully saturated rings. The zero-order chi connectivity index (χ0) is 21.0. The van der Waals surface area contributed by atoms with E-state index < -0.39 is 29.7 Å². The Bertz CT molecular complexity index is 997. The van der Waals surface area contributed by atoms with Gasteiger partial charge >= 0.3 is 18.0 Å². The van der Waals surface area contributed by atoms with E-state index in [0.717, 1.165) is 23.6 Å². The van der Waals surface area contributed by atoms with Crippen LogP contribution < -0.4 is 10.6 Å². The third-order valence-corrected chi connectivity index (χ3v) is 4.15. The molecule has 2 N–H and O–H groups in total. The highest BCUT2D eigenvalue weighted by molar-refractivity contribution is 6.39. The van der Waals surface area contributed by atoms with Gasteiger partial charge in [-0.15, -0.1) is 0 Å². The third-order valence-electron chi connectivity index (χ3n) is 4.15. The van der Waals surface area contributed by atoms with E-state index in [1.54, 1.807) is 12.1 Å². The van der Waals surface area contributed by atoms with Gasteiger partial charge in [-0.1, -0.05) is 24.3 Å². The lowest BCUT2D eigenvalue weighted by Crippen LogP contribution is -2.37. The molecule has 1 atom stereocenters. The van der Waals surface area contributed by atoms with Crippen molar-refractivity contribution >= 4 is 28.5 Å². The van der Waals surface area contributed by atoms with E-state index in [4.69, 9.17) is 9.15 Å². The van der Waals surface area contributed by atoms with Crippen molar-refractivity contribution in [2.45, 2.75) is 12.3 Å². The Kier molecular flexibility index (Phi) is 5.88. The van der Waals surface area contributed by atoms with Crippen LogP contribution in [0, 0.1) is 0 Å². The number of fused-ring (bicyclic) bond motifs is 1. The third kappa shape index (κ3) is 4.94. The minimum Gasteiger partial charge on any atom is -0.458 e. The smallest absolute Gasteiger partial charge is 0.416 e. The second kappa shape index (κ2) is 8.36. The maximum Gasteiger partial charge on any atom is 0.416 e. The number of nitrogens with one attached hydrogen (secondary N) is 2. The van der Waals surface area contributed by atoms with Gasteiger partial charge in [-0.05, 0) is 30.3 Å². The van der Waals surface area contributed by atoms with Gasteiger partial charge in [-0.3, -0.25) is 9.59 Å². The number of hydrogen-bond acceptors (Lipinski definition) is 4. The molecule has 6 nitrogen and oxygen atoms in total. The molecule has 2 amide bonds. The lowest BCUT2D eigenvalue weighted by Gasteiger charge is -2.14. The summed E-state index contributed by atoms with van der Waals surface area (Å²) in [7, 11) is 1.42. The molecule has 0 aliphatic heterocycles. The zero-order valence-electron chi connectivity index (χ0n) is 15.2. The molecule has 0 bridgehead atoms. The lowest BCUT2D eigenvalue weighted by molar-refractivity contribution is -0.137. The first kappa shape index (κ1) is 20.4. The SMILES string of the molecule is CO[C@@H](CNC(=O)C(=O)Nc1cccc(C(F)(F)F)c1)c1cc2ccccc2o1. The molecule has 29 heavy (non-hydrogen) atoms. The number of halogens is 3. The molecule has 0 aliphatic rings. The van der Waals surface area contributed by atoms with E-state index in [1.807, 2.05) is 18.2 Å². The number of methoxy groups -OCH3 is 1. The molecular weight excluding hydrogens is 389 g/mol. The molecule has 3 rings (SSSR count). The highest BCUT2D eigenvalue weighted by Crippen LogP contribution is 2.30. The summed E-state index contributed by atoms with van der Waals surface area (Å²) in [6.07, 6.45) is -5.20. The van der Waals surface area contributed by atoms with E-state index in [2.05, 4.69) is 10.6 Å². The monoisotopic (exact) mass is 406 g/mol. The number of ether oxygens (including phenoxy) is 1. The van der Waals surface area contributed by atoms with Crippen LogP contribution in [0.25, 0.3) is 11.0 Å². The van der Waals surface area contributed by atoms with Crippen LogP contribution in [0.3, 0.4) is 0 Å². The van der Waals surface area contributed by atoms with Crippen LogP contribution in [0.5, 0.6) is 0 Å². The van der Waals surface area contributed by atoms with E-state index >= 15 is 0 Å². The number of carbonyl (C=O) groups is 2. The van der Waals surface area contributed by atoms with Gasteiger partial charge in [-0.2, -0.15) is 13.2 Å². The summed E-state index contributed by atoms with van der Waals surface area (Å²) in [6.45, 7) is -0.0643. The first-order chi connectivity index (χ1) is 13.8. The average molecular weight is 406 g/mol. The zero-order valence-corrected chi connectivity index (χ0v) is 15.2. The normalized spacial score (nSPS) is 12.6. The van der Waals surface area contributed by atoms with Crippen LogP contribution in [-0.4, -0.2) is 25.5 Å². The van der Waals surface area contributed by atoms with Crippen LogP contribution in [0.4, 0.5) is 18.9 Å². The molecule has 152 valence electrons. The summed E-state index contributed by atoms with van der Waals surface area (Å²) in [6, 6.07) is 13.1. The predicted octanol–water partition coefficient (Wildman–Crippen LogP) is 3.89. The summed E-state index contributed by atoms with van der Waals surface area (Å²) in [5.74, 6) is -1.64. The van der Waals surface area contributed by atoms with Crippen LogP contribution >= 0.6 is 0 Å². The largest absolute Gasteiger partial charge is 0.458 e. The van der Waals surface area contributed by atoms with Gasteiger partial charge in [0.2, 0.25) is 0 Å². The number of amides is 2. The molecule has 0 unspecified atom stereocenters. The van der Waals surface area contributed by atoms with Crippen LogP contribution in [-0.2, 0) is 20.5 Å². The maximum atomic E-state index is 12.7. The second-order valence-electron chi connectivity index (χ2n) is 6.15. The number of alkyl halides is 3. The molecule has 3 aromatic rings. The highest BCUT2D eigenvalue weighted by Gasteiger charge is 2.30. The average Bonchev–Trinajstić information content (AvgIpc) is 3.11. The lowest BCUT2D eigenvalue weighted by atomic mass is 10.2. The van der Waals surface area contributed by atoms with Crippen molar-refractivity contribution in [2.75, 3.05) is 19.0 Å². The summed E-state index contributed by atoms with van der Waals surface area (Å²) < 4.78 is 49.2. The van der Waals surface area contributed by atoms with E-state index in [0.29, 0.717) is 11.3 Å². The van der Waals surface area contributed by atoms with Gasteiger partial charge in [0, 0.05) is 18.2 Å². The van der Waals surface area contributed by atoms with Crippen LogP contribution in [0.2, 0.25) is 0 Å². The molecule has 1 aromatic heterocycles. The summed E-state index contributed by atoms with van der Waals surface area (Å²) in [5, 5.41) is 5.38. The Morgan fingerprint density at radius 1 is 1.07 bits per heavy atom. The molecule has 0 radical (unpaired) electrons. The van der Waals surface area contributed by atoms with Crippen molar-refractivity contribution in [3.63, 3.8) is 0 Å². The van der Waals surface area contributed by atoms with E-state index in [9.17, 15) is 22.8 Å². The van der Waals surface area contributed by atoms with Gasteiger partial charge in [0.15, 0.2) is 0 Å². The van der Waals surface area contributed by atoms with Crippen molar-refractivity contribution in [3.8, 4) is 0 Å². The number of para-hydroxylation sites is 1. The number of rotatable bonds is 5. The number of carbonyl (C=O) groups excluding carboxylic acids is 2. The topological polar surface area (TPSA) is 80.6 Å². The number of furan rings is 1. The molecule has 0 saturated heterocycles. The van der Waals surface area contributed by atoms with Crippen molar-refractivity contribution in [2.24, 2.45) is 0 Å². The summed E-state index contributed by atoms with van der Waals surface area (Å²) >= 11 is 0. The fourth-order valence-electron chi connectivity index (χ4n) is 2.69. The van der Waals surface area contributed by atoms with Crippen LogP contribution in [0.1, 0.15) is 17.4 Å². The number of anilines is 1. The molecule has 9 heteroatoms. The number of benzene rings is 2. The molecule has 0 saturated carbocycles. The van der Waals surface area contributed by atoms with E-state index in [-0.39, 0.29) is 12.2 Å². The molecule has 0 aliphatic carbocycles. The Labute approximate surface area is 163 Å². The molecular formula is C20H17F3N2O4. The Morgan fingerprint density at radius 3 is 2.52 bits per heavy atom. The van der Waals surface area contributed by atoms with Gasteiger partial charge in [0.25, 0.3) is 0 Å². The number of hydrogen-bond donors (Lipinski definition) is 2. The molecule has 1 heterocycles.